The van der Waals surface area contributed by atoms with Crippen molar-refractivity contribution in [3.63, 3.8) is 0 Å². The fourth-order valence-corrected chi connectivity index (χ4v) is 0.295. The number of carbonyl (C=O) groups is 2. The van der Waals surface area contributed by atoms with E-state index in [0.717, 1.165) is 18.9 Å². The third kappa shape index (κ3) is 67.7. The Morgan fingerprint density at radius 1 is 1.10 bits per heavy atom. The Balaban J connectivity index is -0.000000217. The topological polar surface area (TPSA) is 98.2 Å². The van der Waals surface area contributed by atoms with Crippen LogP contribution in [-0.4, -0.2) is 31.3 Å². The maximum atomic E-state index is 10.3. The van der Waals surface area contributed by atoms with Crippen LogP contribution in [-0.2, 0) is 9.59 Å². The first kappa shape index (κ1) is 24.1. The van der Waals surface area contributed by atoms with Crippen LogP contribution in [0, 0.1) is 5.92 Å². The van der Waals surface area contributed by atoms with Gasteiger partial charge in [0.2, 0.25) is 5.91 Å². The van der Waals surface area contributed by atoms with Gasteiger partial charge in [0.05, 0.1) is 13.1 Å². The molecule has 0 radical (unpaired) electrons. The first-order valence-electron chi connectivity index (χ1n) is 7.47. The Kier molecular flexibility index (Phi) is 24.6. The number of hydrogen-bond donors (Lipinski definition) is 3. The molecular weight excluding hydrogens is 254 g/mol. The number of nitrogens with two attached hydrogens (primary N) is 2. The van der Waals surface area contributed by atoms with Gasteiger partial charge in [-0.2, -0.15) is 0 Å². The summed E-state index contributed by atoms with van der Waals surface area (Å²) in [5.41, 5.74) is 9.96. The zero-order valence-electron chi connectivity index (χ0n) is 14.0. The van der Waals surface area contributed by atoms with E-state index in [4.69, 9.17) is 11.5 Å². The molecule has 122 valence electrons. The zero-order valence-corrected chi connectivity index (χ0v) is 14.0. The largest absolute Gasteiger partial charge is 0.348 e. The lowest BCUT2D eigenvalue weighted by Gasteiger charge is -1.96. The number of hydrogen-bond acceptors (Lipinski definition) is 4. The molecule has 5 nitrogen and oxygen atoms in total. The maximum Gasteiger partial charge on any atom is 0.234 e. The van der Waals surface area contributed by atoms with Crippen LogP contribution >= 0.6 is 0 Å². The smallest absolute Gasteiger partial charge is 0.234 e. The van der Waals surface area contributed by atoms with E-state index in [1.54, 1.807) is 0 Å². The molecule has 1 aliphatic rings. The molecule has 1 amide bonds. The molecular formula is C15H35N3O2. The van der Waals surface area contributed by atoms with Gasteiger partial charge in [-0.25, -0.2) is 0 Å². The fraction of sp³-hybridized carbons (Fsp3) is 0.867. The Morgan fingerprint density at radius 2 is 1.45 bits per heavy atom. The third-order valence-electron chi connectivity index (χ3n) is 1.36. The van der Waals surface area contributed by atoms with Gasteiger partial charge in [0, 0.05) is 0 Å². The molecule has 1 rings (SSSR count). The predicted octanol–water partition coefficient (Wildman–Crippen LogP) is 1.84. The summed E-state index contributed by atoms with van der Waals surface area (Å²) in [6.07, 6.45) is 5.60. The molecule has 0 spiro atoms. The molecule has 0 aromatic carbocycles. The van der Waals surface area contributed by atoms with Crippen molar-refractivity contribution in [2.75, 3.05) is 19.6 Å². The molecule has 0 atom stereocenters. The Morgan fingerprint density at radius 3 is 1.60 bits per heavy atom. The van der Waals surface area contributed by atoms with Gasteiger partial charge in [0.15, 0.2) is 0 Å². The SMILES string of the molecule is C1CC1.CC(=O)CNC(=O)CN.CC(C)C.CCCN. The van der Waals surface area contributed by atoms with E-state index in [1.165, 1.54) is 26.2 Å². The summed E-state index contributed by atoms with van der Waals surface area (Å²) in [6, 6.07) is 0. The molecule has 0 aromatic heterocycles. The van der Waals surface area contributed by atoms with Crippen LogP contribution < -0.4 is 16.8 Å². The number of rotatable bonds is 4. The molecule has 5 N–H and O–H groups in total. The van der Waals surface area contributed by atoms with Gasteiger partial charge in [-0.05, 0) is 25.8 Å². The van der Waals surface area contributed by atoms with E-state index in [1.807, 2.05) is 0 Å². The first-order chi connectivity index (χ1) is 9.31. The van der Waals surface area contributed by atoms with E-state index in [-0.39, 0.29) is 24.8 Å². The standard InChI is InChI=1S/C5H10N2O2.C4H10.C3H9N.C3H6/c1-4(8)3-7-5(9)2-6;1-4(2)3;1-2-3-4;1-2-3-1/h2-3,6H2,1H3,(H,7,9);4H,1-3H3;2-4H2,1H3;1-3H2. The van der Waals surface area contributed by atoms with Gasteiger partial charge in [-0.1, -0.05) is 47.0 Å². The van der Waals surface area contributed by atoms with Crippen LogP contribution in [0.3, 0.4) is 0 Å². The molecule has 1 fully saturated rings. The number of carbonyl (C=O) groups excluding carboxylic acids is 2. The van der Waals surface area contributed by atoms with Crippen molar-refractivity contribution in [3.8, 4) is 0 Å². The van der Waals surface area contributed by atoms with Gasteiger partial charge in [0.1, 0.15) is 5.78 Å². The van der Waals surface area contributed by atoms with E-state index in [0.29, 0.717) is 0 Å². The van der Waals surface area contributed by atoms with E-state index in [9.17, 15) is 9.59 Å². The highest BCUT2D eigenvalue weighted by molar-refractivity contribution is 5.85. The van der Waals surface area contributed by atoms with Crippen LogP contribution in [0.5, 0.6) is 0 Å². The third-order valence-corrected chi connectivity index (χ3v) is 1.36. The molecule has 20 heavy (non-hydrogen) atoms. The van der Waals surface area contributed by atoms with Crippen molar-refractivity contribution in [2.24, 2.45) is 17.4 Å². The summed E-state index contributed by atoms with van der Waals surface area (Å²) in [5.74, 6) is 0.460. The van der Waals surface area contributed by atoms with Crippen molar-refractivity contribution in [1.29, 1.82) is 0 Å². The zero-order chi connectivity index (χ0) is 16.4. The molecule has 1 aliphatic carbocycles. The predicted molar refractivity (Wildman–Crippen MR) is 86.5 cm³/mol. The summed E-state index contributed by atoms with van der Waals surface area (Å²) in [6.45, 7) is 10.8. The van der Waals surface area contributed by atoms with Gasteiger partial charge < -0.3 is 16.8 Å². The normalized spacial score (nSPS) is 10.8. The van der Waals surface area contributed by atoms with Crippen molar-refractivity contribution < 1.29 is 9.59 Å². The van der Waals surface area contributed by atoms with Gasteiger partial charge in [0.25, 0.3) is 0 Å². The Labute approximate surface area is 124 Å². The highest BCUT2D eigenvalue weighted by atomic mass is 16.2. The summed E-state index contributed by atoms with van der Waals surface area (Å²) in [7, 11) is 0. The minimum absolute atomic E-state index is 0.0622. The molecule has 0 heterocycles. The number of amides is 1. The van der Waals surface area contributed by atoms with Crippen LogP contribution in [0.15, 0.2) is 0 Å². The van der Waals surface area contributed by atoms with Crippen LogP contribution in [0.4, 0.5) is 0 Å². The number of nitrogens with one attached hydrogen (secondary N) is 1. The van der Waals surface area contributed by atoms with E-state index < -0.39 is 0 Å². The fourth-order valence-electron chi connectivity index (χ4n) is 0.295. The van der Waals surface area contributed by atoms with E-state index >= 15 is 0 Å². The van der Waals surface area contributed by atoms with Crippen LogP contribution in [0.1, 0.15) is 60.3 Å². The van der Waals surface area contributed by atoms with Crippen molar-refractivity contribution in [3.05, 3.63) is 0 Å². The quantitative estimate of drug-likeness (QED) is 0.735. The van der Waals surface area contributed by atoms with Gasteiger partial charge in [-0.3, -0.25) is 9.59 Å². The lowest BCUT2D eigenvalue weighted by molar-refractivity contribution is -0.123. The van der Waals surface area contributed by atoms with Crippen molar-refractivity contribution in [2.45, 2.75) is 60.3 Å². The van der Waals surface area contributed by atoms with Gasteiger partial charge in [-0.15, -0.1) is 0 Å². The molecule has 0 saturated heterocycles. The Bertz CT molecular complexity index is 210. The first-order valence-corrected chi connectivity index (χ1v) is 7.47. The second-order valence-electron chi connectivity index (χ2n) is 5.26. The molecule has 0 aromatic rings. The van der Waals surface area contributed by atoms with Crippen LogP contribution in [0.25, 0.3) is 0 Å². The van der Waals surface area contributed by atoms with E-state index in [2.05, 4.69) is 33.0 Å². The Hall–Kier alpha value is -0.940. The lowest BCUT2D eigenvalue weighted by atomic mass is 10.3. The minimum Gasteiger partial charge on any atom is -0.348 e. The average Bonchev–Trinajstić information content (AvgIpc) is 3.23. The monoisotopic (exact) mass is 289 g/mol. The van der Waals surface area contributed by atoms with Crippen molar-refractivity contribution in [1.82, 2.24) is 5.32 Å². The molecule has 0 aliphatic heterocycles. The highest BCUT2D eigenvalue weighted by Gasteiger charge is 1.96. The second-order valence-corrected chi connectivity index (χ2v) is 5.26. The molecule has 0 bridgehead atoms. The second kappa shape index (κ2) is 20.4. The minimum atomic E-state index is -0.301. The van der Waals surface area contributed by atoms with Gasteiger partial charge >= 0.3 is 0 Å². The molecule has 5 heteroatoms. The summed E-state index contributed by atoms with van der Waals surface area (Å²) in [5, 5.41) is 2.32. The summed E-state index contributed by atoms with van der Waals surface area (Å²) >= 11 is 0. The number of ketones is 1. The summed E-state index contributed by atoms with van der Waals surface area (Å²) in [4.78, 5) is 20.5. The number of Topliss-reactive ketones (excluding diaryl/α,β-unsaturated/α-hetero) is 1. The molecule has 0 unspecified atom stereocenters. The molecule has 1 saturated carbocycles. The van der Waals surface area contributed by atoms with Crippen molar-refractivity contribution >= 4 is 11.7 Å². The maximum absolute atomic E-state index is 10.3. The highest BCUT2D eigenvalue weighted by Crippen LogP contribution is 2.14. The summed E-state index contributed by atoms with van der Waals surface area (Å²) < 4.78 is 0. The average molecular weight is 289 g/mol. The lowest BCUT2D eigenvalue weighted by Crippen LogP contribution is -2.33. The van der Waals surface area contributed by atoms with Crippen LogP contribution in [0.2, 0.25) is 0 Å².